The third-order valence-electron chi connectivity index (χ3n) is 2.57. The molecule has 2 aromatic heterocycles. The van der Waals surface area contributed by atoms with E-state index in [1.165, 1.54) is 0 Å². The van der Waals surface area contributed by atoms with Crippen molar-refractivity contribution in [3.8, 4) is 5.75 Å². The van der Waals surface area contributed by atoms with Crippen LogP contribution in [0.2, 0.25) is 0 Å². The molecular weight excluding hydrogens is 214 g/mol. The second kappa shape index (κ2) is 4.93. The van der Waals surface area contributed by atoms with Crippen LogP contribution in [0, 0.1) is 6.92 Å². The lowest BCUT2D eigenvalue weighted by molar-refractivity contribution is 0.404. The van der Waals surface area contributed by atoms with Crippen LogP contribution in [0.25, 0.3) is 0 Å². The van der Waals surface area contributed by atoms with E-state index in [1.807, 2.05) is 25.1 Å². The van der Waals surface area contributed by atoms with Crippen LogP contribution < -0.4 is 10.5 Å². The van der Waals surface area contributed by atoms with Gasteiger partial charge in [0.15, 0.2) is 0 Å². The zero-order chi connectivity index (χ0) is 12.3. The lowest BCUT2D eigenvalue weighted by Crippen LogP contribution is -2.15. The van der Waals surface area contributed by atoms with Gasteiger partial charge in [0.25, 0.3) is 0 Å². The molecule has 2 rings (SSSR count). The highest BCUT2D eigenvalue weighted by Crippen LogP contribution is 2.25. The molecule has 4 heteroatoms. The van der Waals surface area contributed by atoms with Gasteiger partial charge in [-0.25, -0.2) is 0 Å². The van der Waals surface area contributed by atoms with Gasteiger partial charge < -0.3 is 10.5 Å². The molecular formula is C13H15N3O. The Kier molecular flexibility index (Phi) is 3.35. The summed E-state index contributed by atoms with van der Waals surface area (Å²) in [4.78, 5) is 8.42. The number of nitrogens with two attached hydrogens (primary N) is 1. The van der Waals surface area contributed by atoms with Crippen molar-refractivity contribution in [2.45, 2.75) is 13.0 Å². The van der Waals surface area contributed by atoms with Crippen molar-refractivity contribution in [2.75, 3.05) is 7.11 Å². The van der Waals surface area contributed by atoms with E-state index in [0.29, 0.717) is 5.75 Å². The van der Waals surface area contributed by atoms with Crippen LogP contribution >= 0.6 is 0 Å². The maximum atomic E-state index is 6.18. The SMILES string of the molecule is COc1cccnc1C(N)c1cncc(C)c1. The zero-order valence-electron chi connectivity index (χ0n) is 9.92. The molecule has 0 aliphatic carbocycles. The smallest absolute Gasteiger partial charge is 0.142 e. The van der Waals surface area contributed by atoms with Crippen molar-refractivity contribution in [2.24, 2.45) is 5.73 Å². The van der Waals surface area contributed by atoms with Crippen molar-refractivity contribution < 1.29 is 4.74 Å². The number of rotatable bonds is 3. The summed E-state index contributed by atoms with van der Waals surface area (Å²) in [5.41, 5.74) is 8.91. The van der Waals surface area contributed by atoms with Gasteiger partial charge in [0, 0.05) is 18.6 Å². The van der Waals surface area contributed by atoms with Gasteiger partial charge in [-0.15, -0.1) is 0 Å². The number of ether oxygens (including phenoxy) is 1. The monoisotopic (exact) mass is 229 g/mol. The maximum absolute atomic E-state index is 6.18. The molecule has 2 heterocycles. The molecule has 4 nitrogen and oxygen atoms in total. The molecule has 2 aromatic rings. The van der Waals surface area contributed by atoms with Gasteiger partial charge >= 0.3 is 0 Å². The number of pyridine rings is 2. The second-order valence-electron chi connectivity index (χ2n) is 3.86. The number of hydrogen-bond acceptors (Lipinski definition) is 4. The van der Waals surface area contributed by atoms with Crippen LogP contribution in [0.1, 0.15) is 22.9 Å². The lowest BCUT2D eigenvalue weighted by Gasteiger charge is -2.14. The highest BCUT2D eigenvalue weighted by atomic mass is 16.5. The number of aromatic nitrogens is 2. The summed E-state index contributed by atoms with van der Waals surface area (Å²) in [5.74, 6) is 0.696. The molecule has 0 aromatic carbocycles. The van der Waals surface area contributed by atoms with Crippen LogP contribution in [0.5, 0.6) is 5.75 Å². The predicted octanol–water partition coefficient (Wildman–Crippen LogP) is 1.84. The number of nitrogens with zero attached hydrogens (tertiary/aromatic N) is 2. The summed E-state index contributed by atoms with van der Waals surface area (Å²) in [7, 11) is 1.61. The first-order valence-electron chi connectivity index (χ1n) is 5.38. The van der Waals surface area contributed by atoms with Crippen molar-refractivity contribution in [1.29, 1.82) is 0 Å². The Morgan fingerprint density at radius 1 is 1.35 bits per heavy atom. The fraction of sp³-hybridized carbons (Fsp3) is 0.231. The van der Waals surface area contributed by atoms with E-state index >= 15 is 0 Å². The quantitative estimate of drug-likeness (QED) is 0.872. The van der Waals surface area contributed by atoms with Gasteiger partial charge in [-0.3, -0.25) is 9.97 Å². The van der Waals surface area contributed by atoms with E-state index in [-0.39, 0.29) is 6.04 Å². The van der Waals surface area contributed by atoms with Gasteiger partial charge in [-0.2, -0.15) is 0 Å². The van der Waals surface area contributed by atoms with Crippen molar-refractivity contribution >= 4 is 0 Å². The molecule has 0 bridgehead atoms. The summed E-state index contributed by atoms with van der Waals surface area (Å²) < 4.78 is 5.26. The molecule has 0 aliphatic heterocycles. The molecule has 0 radical (unpaired) electrons. The highest BCUT2D eigenvalue weighted by molar-refractivity contribution is 5.36. The first-order valence-corrected chi connectivity index (χ1v) is 5.38. The minimum absolute atomic E-state index is 0.321. The topological polar surface area (TPSA) is 61.0 Å². The Labute approximate surface area is 100 Å². The normalized spacial score (nSPS) is 12.2. The van der Waals surface area contributed by atoms with Crippen LogP contribution in [0.15, 0.2) is 36.8 Å². The number of methoxy groups -OCH3 is 1. The van der Waals surface area contributed by atoms with E-state index < -0.39 is 0 Å². The molecule has 17 heavy (non-hydrogen) atoms. The molecule has 0 saturated carbocycles. The summed E-state index contributed by atoms with van der Waals surface area (Å²) >= 11 is 0. The molecule has 0 fully saturated rings. The fourth-order valence-corrected chi connectivity index (χ4v) is 1.72. The van der Waals surface area contributed by atoms with Gasteiger partial charge in [0.2, 0.25) is 0 Å². The van der Waals surface area contributed by atoms with Gasteiger partial charge in [0.05, 0.1) is 13.2 Å². The summed E-state index contributed by atoms with van der Waals surface area (Å²) in [6.45, 7) is 1.98. The van der Waals surface area contributed by atoms with Crippen LogP contribution in [-0.4, -0.2) is 17.1 Å². The highest BCUT2D eigenvalue weighted by Gasteiger charge is 2.15. The average Bonchev–Trinajstić information content (AvgIpc) is 2.38. The van der Waals surface area contributed by atoms with E-state index in [0.717, 1.165) is 16.8 Å². The van der Waals surface area contributed by atoms with Gasteiger partial charge in [-0.1, -0.05) is 6.07 Å². The van der Waals surface area contributed by atoms with Crippen LogP contribution in [0.3, 0.4) is 0 Å². The van der Waals surface area contributed by atoms with Crippen molar-refractivity contribution in [3.05, 3.63) is 53.6 Å². The Morgan fingerprint density at radius 2 is 2.18 bits per heavy atom. The first kappa shape index (κ1) is 11.5. The third kappa shape index (κ3) is 2.42. The largest absolute Gasteiger partial charge is 0.495 e. The van der Waals surface area contributed by atoms with E-state index in [9.17, 15) is 0 Å². The molecule has 0 saturated heterocycles. The molecule has 1 unspecified atom stereocenters. The maximum Gasteiger partial charge on any atom is 0.142 e. The van der Waals surface area contributed by atoms with Crippen LogP contribution in [0.4, 0.5) is 0 Å². The van der Waals surface area contributed by atoms with Crippen molar-refractivity contribution in [1.82, 2.24) is 9.97 Å². The summed E-state index contributed by atoms with van der Waals surface area (Å²) in [6.07, 6.45) is 5.26. The Bertz CT molecular complexity index is 514. The first-order chi connectivity index (χ1) is 8.22. The minimum Gasteiger partial charge on any atom is -0.495 e. The van der Waals surface area contributed by atoms with E-state index in [1.54, 1.807) is 25.7 Å². The third-order valence-corrected chi connectivity index (χ3v) is 2.57. The predicted molar refractivity (Wildman–Crippen MR) is 65.8 cm³/mol. The summed E-state index contributed by atoms with van der Waals surface area (Å²) in [5, 5.41) is 0. The molecule has 2 N–H and O–H groups in total. The lowest BCUT2D eigenvalue weighted by atomic mass is 10.0. The molecule has 88 valence electrons. The average molecular weight is 229 g/mol. The zero-order valence-corrected chi connectivity index (χ0v) is 9.92. The van der Waals surface area contributed by atoms with Crippen molar-refractivity contribution in [3.63, 3.8) is 0 Å². The summed E-state index contributed by atoms with van der Waals surface area (Å²) in [6, 6.07) is 5.36. The fourth-order valence-electron chi connectivity index (χ4n) is 1.72. The van der Waals surface area contributed by atoms with Gasteiger partial charge in [0.1, 0.15) is 11.4 Å². The molecule has 0 spiro atoms. The van der Waals surface area contributed by atoms with E-state index in [4.69, 9.17) is 10.5 Å². The Morgan fingerprint density at radius 3 is 2.88 bits per heavy atom. The minimum atomic E-state index is -0.321. The van der Waals surface area contributed by atoms with Crippen LogP contribution in [-0.2, 0) is 0 Å². The molecule has 0 amide bonds. The Balaban J connectivity index is 2.40. The molecule has 1 atom stereocenters. The van der Waals surface area contributed by atoms with E-state index in [2.05, 4.69) is 9.97 Å². The standard InChI is InChI=1S/C13H15N3O/c1-9-6-10(8-15-7-9)12(14)13-11(17-2)4-3-5-16-13/h3-8,12H,14H2,1-2H3. The van der Waals surface area contributed by atoms with Gasteiger partial charge in [-0.05, 0) is 30.2 Å². The number of hydrogen-bond donors (Lipinski definition) is 1. The second-order valence-corrected chi connectivity index (χ2v) is 3.86. The number of aryl methyl sites for hydroxylation is 1. The Hall–Kier alpha value is -1.94. The molecule has 0 aliphatic rings.